The molecule has 1 aliphatic heterocycles. The van der Waals surface area contributed by atoms with Gasteiger partial charge < -0.3 is 10.2 Å². The maximum atomic E-state index is 13.8. The monoisotopic (exact) mass is 347 g/mol. The molecule has 2 N–H and O–H groups in total. The van der Waals surface area contributed by atoms with Crippen molar-refractivity contribution < 1.29 is 14.1 Å². The van der Waals surface area contributed by atoms with E-state index in [9.17, 15) is 9.18 Å². The smallest absolute Gasteiger partial charge is 0.259 e. The second kappa shape index (κ2) is 7.45. The van der Waals surface area contributed by atoms with Gasteiger partial charge in [-0.1, -0.05) is 12.1 Å². The van der Waals surface area contributed by atoms with Crippen LogP contribution in [0.1, 0.15) is 45.6 Å². The molecule has 1 saturated heterocycles. The van der Waals surface area contributed by atoms with Crippen LogP contribution in [0.4, 0.5) is 9.39 Å². The van der Waals surface area contributed by atoms with Gasteiger partial charge in [0.05, 0.1) is 18.7 Å². The zero-order valence-electron chi connectivity index (χ0n) is 14.2. The molecule has 0 unspecified atom stereocenters. The molecule has 1 aromatic heterocycles. The number of carbonyl (C=O) groups is 1. The van der Waals surface area contributed by atoms with Crippen molar-refractivity contribution in [2.45, 2.75) is 39.7 Å². The lowest BCUT2D eigenvalue weighted by Crippen LogP contribution is -3.11. The largest absolute Gasteiger partial charge is 0.331 e. The topological polar surface area (TPSA) is 33.5 Å². The van der Waals surface area contributed by atoms with E-state index in [2.05, 4.69) is 19.2 Å². The Morgan fingerprint density at radius 1 is 1.21 bits per heavy atom. The van der Waals surface area contributed by atoms with Crippen LogP contribution in [0.5, 0.6) is 0 Å². The second-order valence-corrected chi connectivity index (χ2v) is 7.74. The Bertz CT molecular complexity index is 735. The summed E-state index contributed by atoms with van der Waals surface area (Å²) >= 11 is 1.59. The standard InChI is InChI=1S/C19H23FN2OS/c1-13-14(2)24-19(16(13)12-22-10-6-3-7-11-22)21-18(23)15-8-4-5-9-17(15)20/h4-5,8-9H,3,6-7,10-12H2,1-2H3,(H,21,23)/p+1. The fourth-order valence-electron chi connectivity index (χ4n) is 3.28. The molecule has 0 spiro atoms. The van der Waals surface area contributed by atoms with Crippen LogP contribution >= 0.6 is 11.3 Å². The van der Waals surface area contributed by atoms with Gasteiger partial charge in [0.15, 0.2) is 0 Å². The van der Waals surface area contributed by atoms with Crippen LogP contribution in [0.25, 0.3) is 0 Å². The van der Waals surface area contributed by atoms with E-state index in [-0.39, 0.29) is 11.5 Å². The number of nitrogens with one attached hydrogen (secondary N) is 2. The van der Waals surface area contributed by atoms with E-state index < -0.39 is 5.82 Å². The average molecular weight is 347 g/mol. The van der Waals surface area contributed by atoms with Crippen LogP contribution in [0.3, 0.4) is 0 Å². The number of benzene rings is 1. The van der Waals surface area contributed by atoms with Gasteiger partial charge in [-0.3, -0.25) is 4.79 Å². The molecule has 0 atom stereocenters. The number of carbonyl (C=O) groups excluding carboxylic acids is 1. The van der Waals surface area contributed by atoms with Crippen LogP contribution < -0.4 is 10.2 Å². The Labute approximate surface area is 146 Å². The Balaban J connectivity index is 1.81. The predicted octanol–water partition coefficient (Wildman–Crippen LogP) is 3.33. The van der Waals surface area contributed by atoms with Crippen molar-refractivity contribution in [3.8, 4) is 0 Å². The van der Waals surface area contributed by atoms with Gasteiger partial charge in [0.25, 0.3) is 5.91 Å². The van der Waals surface area contributed by atoms with Crippen LogP contribution in [0.2, 0.25) is 0 Å². The molecule has 0 radical (unpaired) electrons. The van der Waals surface area contributed by atoms with Crippen molar-refractivity contribution in [1.29, 1.82) is 0 Å². The average Bonchev–Trinajstić information content (AvgIpc) is 2.84. The zero-order chi connectivity index (χ0) is 17.1. The molecule has 1 amide bonds. The predicted molar refractivity (Wildman–Crippen MR) is 96.4 cm³/mol. The van der Waals surface area contributed by atoms with Crippen molar-refractivity contribution >= 4 is 22.2 Å². The van der Waals surface area contributed by atoms with E-state index in [1.165, 1.54) is 60.5 Å². The summed E-state index contributed by atoms with van der Waals surface area (Å²) in [6, 6.07) is 6.12. The molecule has 128 valence electrons. The zero-order valence-corrected chi connectivity index (χ0v) is 15.1. The van der Waals surface area contributed by atoms with Gasteiger partial charge in [0.2, 0.25) is 0 Å². The highest BCUT2D eigenvalue weighted by Crippen LogP contribution is 2.32. The lowest BCUT2D eigenvalue weighted by molar-refractivity contribution is -0.918. The molecule has 1 aliphatic rings. The Kier molecular flexibility index (Phi) is 5.31. The fraction of sp³-hybridized carbons (Fsp3) is 0.421. The highest BCUT2D eigenvalue weighted by molar-refractivity contribution is 7.16. The Hall–Kier alpha value is -1.72. The van der Waals surface area contributed by atoms with Gasteiger partial charge in [-0.25, -0.2) is 4.39 Å². The Morgan fingerprint density at radius 2 is 1.92 bits per heavy atom. The molecule has 0 saturated carbocycles. The van der Waals surface area contributed by atoms with Crippen molar-refractivity contribution in [3.63, 3.8) is 0 Å². The molecular formula is C19H24FN2OS+. The Morgan fingerprint density at radius 3 is 2.62 bits per heavy atom. The van der Waals surface area contributed by atoms with Gasteiger partial charge in [0, 0.05) is 10.4 Å². The van der Waals surface area contributed by atoms with Crippen molar-refractivity contribution in [1.82, 2.24) is 0 Å². The summed E-state index contributed by atoms with van der Waals surface area (Å²) in [5, 5.41) is 3.82. The minimum Gasteiger partial charge on any atom is -0.331 e. The number of amides is 1. The van der Waals surface area contributed by atoms with E-state index in [1.54, 1.807) is 28.4 Å². The normalized spacial score (nSPS) is 15.5. The summed E-state index contributed by atoms with van der Waals surface area (Å²) < 4.78 is 13.8. The molecule has 1 aromatic carbocycles. The van der Waals surface area contributed by atoms with Gasteiger partial charge in [-0.15, -0.1) is 11.3 Å². The quantitative estimate of drug-likeness (QED) is 0.874. The number of anilines is 1. The molecule has 3 rings (SSSR count). The number of rotatable bonds is 4. The number of likely N-dealkylation sites (tertiary alicyclic amines) is 1. The molecule has 5 heteroatoms. The van der Waals surface area contributed by atoms with Crippen LogP contribution in [-0.4, -0.2) is 19.0 Å². The number of piperidine rings is 1. The first-order valence-corrected chi connectivity index (χ1v) is 9.36. The summed E-state index contributed by atoms with van der Waals surface area (Å²) in [5.41, 5.74) is 2.55. The minimum absolute atomic E-state index is 0.0949. The molecule has 0 bridgehead atoms. The summed E-state index contributed by atoms with van der Waals surface area (Å²) in [5.74, 6) is -0.854. The second-order valence-electron chi connectivity index (χ2n) is 6.51. The molecular weight excluding hydrogens is 323 g/mol. The summed E-state index contributed by atoms with van der Waals surface area (Å²) in [7, 11) is 0. The van der Waals surface area contributed by atoms with Gasteiger partial charge in [-0.05, 0) is 50.8 Å². The third-order valence-electron chi connectivity index (χ3n) is 4.84. The number of quaternary nitrogens is 1. The maximum Gasteiger partial charge on any atom is 0.259 e. The van der Waals surface area contributed by atoms with E-state index in [0.717, 1.165) is 11.5 Å². The first kappa shape index (κ1) is 17.1. The van der Waals surface area contributed by atoms with E-state index in [4.69, 9.17) is 0 Å². The van der Waals surface area contributed by atoms with E-state index in [1.807, 2.05) is 0 Å². The lowest BCUT2D eigenvalue weighted by Gasteiger charge is -2.24. The SMILES string of the molecule is Cc1sc(NC(=O)c2ccccc2F)c(C[NH+]2CCCCC2)c1C. The molecule has 24 heavy (non-hydrogen) atoms. The van der Waals surface area contributed by atoms with Gasteiger partial charge in [-0.2, -0.15) is 0 Å². The fourth-order valence-corrected chi connectivity index (χ4v) is 4.36. The lowest BCUT2D eigenvalue weighted by atomic mass is 10.1. The number of aryl methyl sites for hydroxylation is 1. The number of halogens is 1. The molecule has 1 fully saturated rings. The van der Waals surface area contributed by atoms with Gasteiger partial charge >= 0.3 is 0 Å². The van der Waals surface area contributed by atoms with E-state index in [0.29, 0.717) is 0 Å². The summed E-state index contributed by atoms with van der Waals surface area (Å²) in [6.45, 7) is 7.50. The van der Waals surface area contributed by atoms with Crippen LogP contribution in [-0.2, 0) is 6.54 Å². The highest BCUT2D eigenvalue weighted by Gasteiger charge is 2.22. The van der Waals surface area contributed by atoms with Crippen molar-refractivity contribution in [2.24, 2.45) is 0 Å². The van der Waals surface area contributed by atoms with Crippen molar-refractivity contribution in [3.05, 3.63) is 51.7 Å². The number of thiophene rings is 1. The maximum absolute atomic E-state index is 13.8. The first-order chi connectivity index (χ1) is 11.6. The third-order valence-corrected chi connectivity index (χ3v) is 6.01. The third kappa shape index (κ3) is 3.68. The minimum atomic E-state index is -0.483. The van der Waals surface area contributed by atoms with Crippen LogP contribution in [0.15, 0.2) is 24.3 Å². The number of hydrogen-bond acceptors (Lipinski definition) is 2. The molecule has 0 aliphatic carbocycles. The van der Waals surface area contributed by atoms with Gasteiger partial charge in [0.1, 0.15) is 17.4 Å². The van der Waals surface area contributed by atoms with E-state index >= 15 is 0 Å². The summed E-state index contributed by atoms with van der Waals surface area (Å²) in [6.07, 6.45) is 3.87. The molecule has 3 nitrogen and oxygen atoms in total. The molecule has 2 aromatic rings. The first-order valence-electron chi connectivity index (χ1n) is 8.54. The highest BCUT2D eigenvalue weighted by atomic mass is 32.1. The van der Waals surface area contributed by atoms with Crippen LogP contribution in [0, 0.1) is 19.7 Å². The molecule has 2 heterocycles. The summed E-state index contributed by atoms with van der Waals surface area (Å²) in [4.78, 5) is 15.2. The van der Waals surface area contributed by atoms with Crippen molar-refractivity contribution in [2.75, 3.05) is 18.4 Å². The number of hydrogen-bond donors (Lipinski definition) is 2.